The lowest BCUT2D eigenvalue weighted by Crippen LogP contribution is -2.42. The normalized spacial score (nSPS) is 21.9. The summed E-state index contributed by atoms with van der Waals surface area (Å²) in [5.74, 6) is -2.98. The molecule has 3 heterocycles. The molecule has 1 aromatic heterocycles. The van der Waals surface area contributed by atoms with Gasteiger partial charge in [0.2, 0.25) is 0 Å². The van der Waals surface area contributed by atoms with Crippen molar-refractivity contribution in [3.63, 3.8) is 0 Å². The Kier molecular flexibility index (Phi) is 5.06. The minimum atomic E-state index is -2.69. The van der Waals surface area contributed by atoms with Crippen LogP contribution in [0.1, 0.15) is 40.1 Å². The van der Waals surface area contributed by atoms with E-state index in [1.165, 1.54) is 4.90 Å². The van der Waals surface area contributed by atoms with Crippen LogP contribution >= 0.6 is 0 Å². The van der Waals surface area contributed by atoms with Crippen LogP contribution in [-0.2, 0) is 0 Å². The molecule has 1 N–H and O–H groups in total. The smallest absolute Gasteiger partial charge is 0.270 e. The summed E-state index contributed by atoms with van der Waals surface area (Å²) < 4.78 is 26.7. The molecule has 0 spiro atoms. The first-order chi connectivity index (χ1) is 13.7. The van der Waals surface area contributed by atoms with Gasteiger partial charge in [0, 0.05) is 61.5 Å². The second-order valence-corrected chi connectivity index (χ2v) is 8.29. The number of nitrogens with zero attached hydrogens (tertiary/aromatic N) is 3. The molecular weight excluding hydrogens is 378 g/mol. The van der Waals surface area contributed by atoms with Gasteiger partial charge in [-0.3, -0.25) is 9.59 Å². The number of likely N-dealkylation sites (N-methyl/N-ethyl adjacent to an activating group) is 1. The Bertz CT molecular complexity index is 918. The van der Waals surface area contributed by atoms with E-state index >= 15 is 0 Å². The lowest BCUT2D eigenvalue weighted by Gasteiger charge is -2.31. The molecule has 2 saturated heterocycles. The number of amides is 2. The van der Waals surface area contributed by atoms with Gasteiger partial charge in [-0.15, -0.1) is 0 Å². The summed E-state index contributed by atoms with van der Waals surface area (Å²) in [6.45, 7) is 1.54. The lowest BCUT2D eigenvalue weighted by atomic mass is 10.1. The Hall–Kier alpha value is -2.48. The molecule has 29 heavy (non-hydrogen) atoms. The maximum absolute atomic E-state index is 13.3. The second kappa shape index (κ2) is 7.40. The van der Waals surface area contributed by atoms with E-state index in [9.17, 15) is 18.4 Å². The first-order valence-corrected chi connectivity index (χ1v) is 9.99. The van der Waals surface area contributed by atoms with E-state index in [1.54, 1.807) is 24.3 Å². The highest BCUT2D eigenvalue weighted by Crippen LogP contribution is 2.29. The standard InChI is InChI=1S/C21H26F2N4O2/c1-25(2)16-5-8-27(13-16)19(28)14-3-4-17-15(11-14)12-18(24-17)20(29)26-9-6-21(22,23)7-10-26/h3-4,11-12,16,24H,5-10,13H2,1-2H3/t16-/m1/s1. The highest BCUT2D eigenvalue weighted by molar-refractivity contribution is 6.01. The van der Waals surface area contributed by atoms with Crippen LogP contribution in [0.4, 0.5) is 8.78 Å². The van der Waals surface area contributed by atoms with Gasteiger partial charge in [0.05, 0.1) is 0 Å². The molecule has 2 aromatic rings. The van der Waals surface area contributed by atoms with Gasteiger partial charge in [-0.2, -0.15) is 0 Å². The number of hydrogen-bond donors (Lipinski definition) is 1. The third-order valence-corrected chi connectivity index (χ3v) is 6.06. The highest BCUT2D eigenvalue weighted by atomic mass is 19.3. The third-order valence-electron chi connectivity index (χ3n) is 6.06. The Morgan fingerprint density at radius 3 is 2.45 bits per heavy atom. The fourth-order valence-electron chi connectivity index (χ4n) is 4.12. The van der Waals surface area contributed by atoms with Crippen LogP contribution < -0.4 is 0 Å². The average molecular weight is 404 g/mol. The van der Waals surface area contributed by atoms with Crippen LogP contribution in [0.25, 0.3) is 10.9 Å². The van der Waals surface area contributed by atoms with Crippen molar-refractivity contribution in [2.24, 2.45) is 0 Å². The minimum Gasteiger partial charge on any atom is -0.351 e. The molecule has 1 atom stereocenters. The van der Waals surface area contributed by atoms with Crippen molar-refractivity contribution in [3.8, 4) is 0 Å². The number of piperidine rings is 1. The summed E-state index contributed by atoms with van der Waals surface area (Å²) in [5.41, 5.74) is 1.70. The Balaban J connectivity index is 1.49. The van der Waals surface area contributed by atoms with E-state index in [0.29, 0.717) is 23.8 Å². The fraction of sp³-hybridized carbons (Fsp3) is 0.524. The van der Waals surface area contributed by atoms with Crippen molar-refractivity contribution in [1.29, 1.82) is 0 Å². The lowest BCUT2D eigenvalue weighted by molar-refractivity contribution is -0.0495. The van der Waals surface area contributed by atoms with Crippen LogP contribution in [0.15, 0.2) is 24.3 Å². The van der Waals surface area contributed by atoms with E-state index in [0.717, 1.165) is 23.9 Å². The van der Waals surface area contributed by atoms with Crippen LogP contribution in [0.2, 0.25) is 0 Å². The summed E-state index contributed by atoms with van der Waals surface area (Å²) in [7, 11) is 4.04. The number of carbonyl (C=O) groups excluding carboxylic acids is 2. The van der Waals surface area contributed by atoms with Gasteiger partial charge in [0.25, 0.3) is 17.7 Å². The number of rotatable bonds is 3. The monoisotopic (exact) mass is 404 g/mol. The summed E-state index contributed by atoms with van der Waals surface area (Å²) in [6, 6.07) is 7.42. The van der Waals surface area contributed by atoms with E-state index in [1.807, 2.05) is 19.0 Å². The number of aromatic amines is 1. The molecule has 1 aromatic carbocycles. The maximum Gasteiger partial charge on any atom is 0.270 e. The van der Waals surface area contributed by atoms with Crippen molar-refractivity contribution in [3.05, 3.63) is 35.5 Å². The van der Waals surface area contributed by atoms with E-state index in [4.69, 9.17) is 0 Å². The molecule has 0 aliphatic carbocycles. The number of aromatic nitrogens is 1. The molecule has 156 valence electrons. The van der Waals surface area contributed by atoms with E-state index in [-0.39, 0.29) is 37.7 Å². The molecular formula is C21H26F2N4O2. The minimum absolute atomic E-state index is 0.0106. The van der Waals surface area contributed by atoms with Gasteiger partial charge in [-0.05, 0) is 44.8 Å². The Labute approximate surface area is 168 Å². The highest BCUT2D eigenvalue weighted by Gasteiger charge is 2.36. The molecule has 6 nitrogen and oxygen atoms in total. The number of likely N-dealkylation sites (tertiary alicyclic amines) is 2. The van der Waals surface area contributed by atoms with E-state index in [2.05, 4.69) is 9.88 Å². The quantitative estimate of drug-likeness (QED) is 0.856. The van der Waals surface area contributed by atoms with Gasteiger partial charge < -0.3 is 19.7 Å². The molecule has 0 unspecified atom stereocenters. The van der Waals surface area contributed by atoms with Crippen molar-refractivity contribution in [2.45, 2.75) is 31.2 Å². The molecule has 0 saturated carbocycles. The molecule has 8 heteroatoms. The Morgan fingerprint density at radius 2 is 1.79 bits per heavy atom. The zero-order chi connectivity index (χ0) is 20.8. The number of fused-ring (bicyclic) bond motifs is 1. The molecule has 2 fully saturated rings. The summed E-state index contributed by atoms with van der Waals surface area (Å²) in [6.07, 6.45) is 0.349. The topological polar surface area (TPSA) is 59.7 Å². The number of halogens is 2. The number of carbonyl (C=O) groups is 2. The van der Waals surface area contributed by atoms with Crippen LogP contribution in [0, 0.1) is 0 Å². The molecule has 4 rings (SSSR count). The molecule has 2 amide bonds. The first kappa shape index (κ1) is 19.8. The maximum atomic E-state index is 13.3. The van der Waals surface area contributed by atoms with Crippen molar-refractivity contribution in [2.75, 3.05) is 40.3 Å². The SMILES string of the molecule is CN(C)[C@@H]1CCN(C(=O)c2ccc3[nH]c(C(=O)N4CCC(F)(F)CC4)cc3c2)C1. The number of H-pyrrole nitrogens is 1. The molecule has 2 aliphatic heterocycles. The zero-order valence-corrected chi connectivity index (χ0v) is 16.8. The van der Waals surface area contributed by atoms with Gasteiger partial charge in [0.15, 0.2) is 0 Å². The number of nitrogens with one attached hydrogen (secondary N) is 1. The predicted molar refractivity (Wildman–Crippen MR) is 106 cm³/mol. The number of benzene rings is 1. The summed E-state index contributed by atoms with van der Waals surface area (Å²) in [4.78, 5) is 34.1. The number of alkyl halides is 2. The Morgan fingerprint density at radius 1 is 1.07 bits per heavy atom. The van der Waals surface area contributed by atoms with Gasteiger partial charge in [-0.1, -0.05) is 0 Å². The third kappa shape index (κ3) is 3.99. The second-order valence-electron chi connectivity index (χ2n) is 8.29. The van der Waals surface area contributed by atoms with Gasteiger partial charge in [0.1, 0.15) is 5.69 Å². The number of hydrogen-bond acceptors (Lipinski definition) is 3. The molecule has 2 aliphatic rings. The summed E-state index contributed by atoms with van der Waals surface area (Å²) in [5, 5.41) is 0.768. The fourth-order valence-corrected chi connectivity index (χ4v) is 4.12. The largest absolute Gasteiger partial charge is 0.351 e. The van der Waals surface area contributed by atoms with Crippen LogP contribution in [0.5, 0.6) is 0 Å². The molecule has 0 radical (unpaired) electrons. The van der Waals surface area contributed by atoms with Gasteiger partial charge >= 0.3 is 0 Å². The summed E-state index contributed by atoms with van der Waals surface area (Å²) >= 11 is 0. The van der Waals surface area contributed by atoms with Crippen LogP contribution in [-0.4, -0.2) is 83.7 Å². The van der Waals surface area contributed by atoms with Gasteiger partial charge in [-0.25, -0.2) is 8.78 Å². The first-order valence-electron chi connectivity index (χ1n) is 9.99. The predicted octanol–water partition coefficient (Wildman–Crippen LogP) is 2.82. The van der Waals surface area contributed by atoms with Crippen molar-refractivity contribution in [1.82, 2.24) is 19.7 Å². The van der Waals surface area contributed by atoms with Crippen molar-refractivity contribution < 1.29 is 18.4 Å². The van der Waals surface area contributed by atoms with E-state index < -0.39 is 5.92 Å². The molecule has 0 bridgehead atoms. The van der Waals surface area contributed by atoms with Crippen molar-refractivity contribution >= 4 is 22.7 Å². The zero-order valence-electron chi connectivity index (χ0n) is 16.8. The average Bonchev–Trinajstić information content (AvgIpc) is 3.33. The van der Waals surface area contributed by atoms with Crippen LogP contribution in [0.3, 0.4) is 0 Å².